The summed E-state index contributed by atoms with van der Waals surface area (Å²) in [6.45, 7) is 9.19. The van der Waals surface area contributed by atoms with Crippen LogP contribution < -0.4 is 0 Å². The molecule has 4 nitrogen and oxygen atoms in total. The van der Waals surface area contributed by atoms with Gasteiger partial charge in [-0.25, -0.2) is 4.79 Å². The highest BCUT2D eigenvalue weighted by Gasteiger charge is 2.14. The summed E-state index contributed by atoms with van der Waals surface area (Å²) in [6.07, 6.45) is 2.34. The summed E-state index contributed by atoms with van der Waals surface area (Å²) in [4.78, 5) is 13.0. The van der Waals surface area contributed by atoms with Crippen molar-refractivity contribution < 1.29 is 14.3 Å². The van der Waals surface area contributed by atoms with Gasteiger partial charge in [-0.2, -0.15) is 0 Å². The maximum absolute atomic E-state index is 10.7. The first-order valence-electron chi connectivity index (χ1n) is 6.64. The Hall–Kier alpha value is -1.29. The third-order valence-electron chi connectivity index (χ3n) is 3.37. The zero-order valence-corrected chi connectivity index (χ0v) is 11.5. The number of hydrogen-bond donors (Lipinski definition) is 1. The first-order chi connectivity index (χ1) is 8.60. The second-order valence-corrected chi connectivity index (χ2v) is 4.58. The minimum Gasteiger partial charge on any atom is -0.475 e. The van der Waals surface area contributed by atoms with Gasteiger partial charge in [-0.1, -0.05) is 33.6 Å². The SMILES string of the molecule is CCC(CC)CN(CC)Cc1ccc(C(=O)O)o1. The van der Waals surface area contributed by atoms with Gasteiger partial charge in [-0.05, 0) is 24.6 Å². The van der Waals surface area contributed by atoms with Gasteiger partial charge in [0, 0.05) is 6.54 Å². The molecular formula is C14H23NO3. The van der Waals surface area contributed by atoms with E-state index in [0.717, 1.165) is 18.8 Å². The highest BCUT2D eigenvalue weighted by molar-refractivity contribution is 5.84. The van der Waals surface area contributed by atoms with E-state index in [4.69, 9.17) is 9.52 Å². The van der Waals surface area contributed by atoms with E-state index < -0.39 is 5.97 Å². The van der Waals surface area contributed by atoms with E-state index >= 15 is 0 Å². The van der Waals surface area contributed by atoms with Crippen molar-refractivity contribution in [3.05, 3.63) is 23.7 Å². The van der Waals surface area contributed by atoms with Gasteiger partial charge in [0.15, 0.2) is 0 Å². The molecule has 0 bridgehead atoms. The van der Waals surface area contributed by atoms with Crippen molar-refractivity contribution in [1.29, 1.82) is 0 Å². The predicted molar refractivity (Wildman–Crippen MR) is 70.7 cm³/mol. The van der Waals surface area contributed by atoms with Crippen molar-refractivity contribution in [2.45, 2.75) is 40.2 Å². The number of nitrogens with zero attached hydrogens (tertiary/aromatic N) is 1. The van der Waals surface area contributed by atoms with Crippen LogP contribution in [0.4, 0.5) is 0 Å². The van der Waals surface area contributed by atoms with Crippen molar-refractivity contribution in [2.24, 2.45) is 5.92 Å². The van der Waals surface area contributed by atoms with Crippen LogP contribution in [0.2, 0.25) is 0 Å². The third kappa shape index (κ3) is 4.18. The number of carbonyl (C=O) groups is 1. The van der Waals surface area contributed by atoms with E-state index in [-0.39, 0.29) is 5.76 Å². The van der Waals surface area contributed by atoms with Crippen LogP contribution in [0.3, 0.4) is 0 Å². The van der Waals surface area contributed by atoms with Gasteiger partial charge in [-0.3, -0.25) is 4.90 Å². The average Bonchev–Trinajstić information content (AvgIpc) is 2.83. The summed E-state index contributed by atoms with van der Waals surface area (Å²) in [6, 6.07) is 3.27. The molecule has 0 aromatic carbocycles. The molecule has 0 saturated carbocycles. The smallest absolute Gasteiger partial charge is 0.371 e. The lowest BCUT2D eigenvalue weighted by Gasteiger charge is -2.24. The van der Waals surface area contributed by atoms with Gasteiger partial charge >= 0.3 is 5.97 Å². The molecule has 0 aliphatic carbocycles. The van der Waals surface area contributed by atoms with Crippen LogP contribution in [-0.2, 0) is 6.54 Å². The number of aromatic carboxylic acids is 1. The molecule has 1 aromatic rings. The molecule has 1 N–H and O–H groups in total. The summed E-state index contributed by atoms with van der Waals surface area (Å²) in [5.41, 5.74) is 0. The molecule has 0 aliphatic rings. The molecule has 0 spiro atoms. The zero-order valence-electron chi connectivity index (χ0n) is 11.5. The maximum atomic E-state index is 10.7. The largest absolute Gasteiger partial charge is 0.475 e. The van der Waals surface area contributed by atoms with Gasteiger partial charge in [-0.15, -0.1) is 0 Å². The average molecular weight is 253 g/mol. The number of rotatable bonds is 8. The van der Waals surface area contributed by atoms with E-state index in [0.29, 0.717) is 12.5 Å². The zero-order chi connectivity index (χ0) is 13.5. The highest BCUT2D eigenvalue weighted by atomic mass is 16.4. The van der Waals surface area contributed by atoms with Gasteiger partial charge in [0.2, 0.25) is 5.76 Å². The standard InChI is InChI=1S/C14H23NO3/c1-4-11(5-2)9-15(6-3)10-12-7-8-13(18-12)14(16)17/h7-8,11H,4-6,9-10H2,1-3H3,(H,16,17). The fourth-order valence-electron chi connectivity index (χ4n) is 2.02. The van der Waals surface area contributed by atoms with Crippen molar-refractivity contribution in [1.82, 2.24) is 4.90 Å². The van der Waals surface area contributed by atoms with Gasteiger partial charge in [0.05, 0.1) is 6.54 Å². The second kappa shape index (κ2) is 7.21. The van der Waals surface area contributed by atoms with Crippen LogP contribution in [0.25, 0.3) is 0 Å². The van der Waals surface area contributed by atoms with E-state index in [1.807, 2.05) is 0 Å². The summed E-state index contributed by atoms with van der Waals surface area (Å²) >= 11 is 0. The number of furan rings is 1. The van der Waals surface area contributed by atoms with Crippen molar-refractivity contribution in [3.8, 4) is 0 Å². The lowest BCUT2D eigenvalue weighted by Crippen LogP contribution is -2.28. The lowest BCUT2D eigenvalue weighted by atomic mass is 10.0. The topological polar surface area (TPSA) is 53.7 Å². The maximum Gasteiger partial charge on any atom is 0.371 e. The van der Waals surface area contributed by atoms with Crippen molar-refractivity contribution in [3.63, 3.8) is 0 Å². The molecule has 1 aromatic heterocycles. The van der Waals surface area contributed by atoms with Gasteiger partial charge in [0.25, 0.3) is 0 Å². The van der Waals surface area contributed by atoms with E-state index in [1.165, 1.54) is 18.9 Å². The van der Waals surface area contributed by atoms with Gasteiger partial charge in [0.1, 0.15) is 5.76 Å². The molecule has 18 heavy (non-hydrogen) atoms. The fourth-order valence-corrected chi connectivity index (χ4v) is 2.02. The molecule has 0 radical (unpaired) electrons. The molecular weight excluding hydrogens is 230 g/mol. The number of carboxylic acid groups (broad SMARTS) is 1. The summed E-state index contributed by atoms with van der Waals surface area (Å²) in [7, 11) is 0. The molecule has 0 aliphatic heterocycles. The van der Waals surface area contributed by atoms with Crippen LogP contribution in [-0.4, -0.2) is 29.1 Å². The van der Waals surface area contributed by atoms with E-state index in [9.17, 15) is 4.79 Å². The molecule has 0 saturated heterocycles. The molecule has 102 valence electrons. The Kier molecular flexibility index (Phi) is 5.92. The molecule has 0 atom stereocenters. The van der Waals surface area contributed by atoms with Crippen LogP contribution in [0.1, 0.15) is 49.9 Å². The second-order valence-electron chi connectivity index (χ2n) is 4.58. The Bertz CT molecular complexity index is 369. The Balaban J connectivity index is 2.58. The molecule has 1 rings (SSSR count). The Morgan fingerprint density at radius 2 is 2.00 bits per heavy atom. The van der Waals surface area contributed by atoms with Crippen LogP contribution in [0.5, 0.6) is 0 Å². The van der Waals surface area contributed by atoms with Crippen LogP contribution in [0, 0.1) is 5.92 Å². The van der Waals surface area contributed by atoms with Crippen molar-refractivity contribution >= 4 is 5.97 Å². The van der Waals surface area contributed by atoms with E-state index in [1.54, 1.807) is 6.07 Å². The van der Waals surface area contributed by atoms with Crippen LogP contribution >= 0.6 is 0 Å². The first-order valence-corrected chi connectivity index (χ1v) is 6.64. The number of carboxylic acids is 1. The summed E-state index contributed by atoms with van der Waals surface area (Å²) < 4.78 is 5.29. The normalized spacial score (nSPS) is 11.4. The number of hydrogen-bond acceptors (Lipinski definition) is 3. The minimum absolute atomic E-state index is 0.0172. The molecule has 0 fully saturated rings. The Morgan fingerprint density at radius 1 is 1.33 bits per heavy atom. The van der Waals surface area contributed by atoms with E-state index in [2.05, 4.69) is 25.7 Å². The lowest BCUT2D eigenvalue weighted by molar-refractivity contribution is 0.0658. The first kappa shape index (κ1) is 14.8. The summed E-state index contributed by atoms with van der Waals surface area (Å²) in [5.74, 6) is 0.423. The quantitative estimate of drug-likeness (QED) is 0.772. The molecule has 0 unspecified atom stereocenters. The highest BCUT2D eigenvalue weighted by Crippen LogP contribution is 2.14. The summed E-state index contributed by atoms with van der Waals surface area (Å²) in [5, 5.41) is 8.80. The third-order valence-corrected chi connectivity index (χ3v) is 3.37. The predicted octanol–water partition coefficient (Wildman–Crippen LogP) is 3.24. The minimum atomic E-state index is -1.01. The fraction of sp³-hybridized carbons (Fsp3) is 0.643. The van der Waals surface area contributed by atoms with Gasteiger partial charge < -0.3 is 9.52 Å². The molecule has 0 amide bonds. The Labute approximate surface area is 109 Å². The molecule has 1 heterocycles. The monoisotopic (exact) mass is 253 g/mol. The molecule has 4 heteroatoms. The Morgan fingerprint density at radius 3 is 2.44 bits per heavy atom. The van der Waals surface area contributed by atoms with Crippen molar-refractivity contribution in [2.75, 3.05) is 13.1 Å². The van der Waals surface area contributed by atoms with Crippen LogP contribution in [0.15, 0.2) is 16.5 Å².